The Hall–Kier alpha value is -2.45. The van der Waals surface area contributed by atoms with E-state index in [1.807, 2.05) is 11.1 Å². The van der Waals surface area contributed by atoms with Crippen molar-refractivity contribution in [3.05, 3.63) is 47.4 Å². The van der Waals surface area contributed by atoms with E-state index in [1.165, 1.54) is 12.1 Å². The topological polar surface area (TPSA) is 58.9 Å². The zero-order valence-electron chi connectivity index (χ0n) is 17.8. The van der Waals surface area contributed by atoms with Crippen molar-refractivity contribution in [1.82, 2.24) is 19.6 Å². The number of benzene rings is 1. The number of amides is 2. The van der Waals surface area contributed by atoms with Gasteiger partial charge >= 0.3 is 6.03 Å². The summed E-state index contributed by atoms with van der Waals surface area (Å²) in [5.41, 5.74) is 2.82. The number of halogens is 1. The highest BCUT2D eigenvalue weighted by molar-refractivity contribution is 7.15. The molecule has 1 aromatic carbocycles. The normalized spacial score (nSPS) is 16.1. The summed E-state index contributed by atoms with van der Waals surface area (Å²) in [4.78, 5) is 20.2. The number of unbranched alkanes of at least 4 members (excludes halogenated alkanes) is 1. The first-order chi connectivity index (χ1) is 15.1. The summed E-state index contributed by atoms with van der Waals surface area (Å²) in [6, 6.07) is 6.36. The van der Waals surface area contributed by atoms with Crippen LogP contribution in [-0.2, 0) is 11.2 Å². The average Bonchev–Trinajstić information content (AvgIpc) is 3.50. The van der Waals surface area contributed by atoms with Crippen molar-refractivity contribution in [2.75, 3.05) is 26.2 Å². The molecule has 1 aliphatic heterocycles. The number of carbonyl (C=O) groups is 1. The summed E-state index contributed by atoms with van der Waals surface area (Å²) < 4.78 is 21.1. The van der Waals surface area contributed by atoms with Gasteiger partial charge in [0.05, 0.1) is 11.8 Å². The van der Waals surface area contributed by atoms with Crippen LogP contribution in [0.5, 0.6) is 0 Å². The lowest BCUT2D eigenvalue weighted by Gasteiger charge is -2.25. The van der Waals surface area contributed by atoms with Crippen LogP contribution in [0.25, 0.3) is 16.2 Å². The Morgan fingerprint density at radius 2 is 2.23 bits per heavy atom. The van der Waals surface area contributed by atoms with Crippen molar-refractivity contribution >= 4 is 22.3 Å². The van der Waals surface area contributed by atoms with E-state index >= 15 is 0 Å². The Morgan fingerprint density at radius 1 is 1.39 bits per heavy atom. The smallest absolute Gasteiger partial charge is 0.317 e. The third kappa shape index (κ3) is 5.43. The van der Waals surface area contributed by atoms with Crippen LogP contribution in [0.15, 0.2) is 35.8 Å². The molecular weight excluding hydrogens is 415 g/mol. The number of nitrogens with one attached hydrogen (secondary N) is 1. The minimum absolute atomic E-state index is 0.0203. The number of ether oxygens (including phenoxy) is 1. The lowest BCUT2D eigenvalue weighted by Crippen LogP contribution is -2.45. The maximum absolute atomic E-state index is 13.2. The van der Waals surface area contributed by atoms with Gasteiger partial charge in [-0.15, -0.1) is 11.3 Å². The minimum atomic E-state index is -0.256. The number of aromatic nitrogens is 2. The van der Waals surface area contributed by atoms with E-state index in [2.05, 4.69) is 27.0 Å². The lowest BCUT2D eigenvalue weighted by atomic mass is 10.2. The molecule has 1 unspecified atom stereocenters. The molecule has 0 aliphatic carbocycles. The van der Waals surface area contributed by atoms with E-state index in [1.54, 1.807) is 23.5 Å². The molecule has 8 heteroatoms. The van der Waals surface area contributed by atoms with Crippen LogP contribution in [0.1, 0.15) is 38.3 Å². The molecule has 1 atom stereocenters. The maximum Gasteiger partial charge on any atom is 0.317 e. The summed E-state index contributed by atoms with van der Waals surface area (Å²) in [5, 5.41) is 5.13. The number of hydrogen-bond donors (Lipinski definition) is 1. The largest absolute Gasteiger partial charge is 0.376 e. The fourth-order valence-electron chi connectivity index (χ4n) is 3.81. The second-order valence-corrected chi connectivity index (χ2v) is 8.77. The highest BCUT2D eigenvalue weighted by Crippen LogP contribution is 2.24. The zero-order chi connectivity index (χ0) is 21.6. The molecule has 1 aliphatic rings. The number of nitrogens with zero attached hydrogens (tertiary/aromatic N) is 3. The molecule has 0 spiro atoms. The second kappa shape index (κ2) is 10.2. The molecule has 1 N–H and O–H groups in total. The summed E-state index contributed by atoms with van der Waals surface area (Å²) in [6.45, 7) is 4.83. The van der Waals surface area contributed by atoms with E-state index in [0.29, 0.717) is 19.6 Å². The molecular formula is C23H29FN4O2S. The summed E-state index contributed by atoms with van der Waals surface area (Å²) in [7, 11) is 0. The highest BCUT2D eigenvalue weighted by atomic mass is 32.1. The zero-order valence-corrected chi connectivity index (χ0v) is 18.7. The van der Waals surface area contributed by atoms with Gasteiger partial charge in [-0.2, -0.15) is 0 Å². The standard InChI is InChI=1S/C23H29FN4O2S/c1-2-3-11-25-22(29)27(14-20-5-4-13-30-20)12-10-19-16-31-23-26-21(15-28(19)23)17-6-8-18(24)9-7-17/h6-9,15-16,20H,2-5,10-14H2,1H3,(H,25,29). The van der Waals surface area contributed by atoms with Crippen molar-refractivity contribution in [2.45, 2.75) is 45.1 Å². The van der Waals surface area contributed by atoms with Gasteiger partial charge in [-0.05, 0) is 43.5 Å². The molecule has 3 aromatic rings. The first kappa shape index (κ1) is 21.8. The van der Waals surface area contributed by atoms with Gasteiger partial charge in [0, 0.05) is 55.5 Å². The molecule has 166 valence electrons. The number of imidazole rings is 1. The lowest BCUT2D eigenvalue weighted by molar-refractivity contribution is 0.0815. The fourth-order valence-corrected chi connectivity index (χ4v) is 4.72. The number of carbonyl (C=O) groups excluding carboxylic acids is 1. The SMILES string of the molecule is CCCCNC(=O)N(CCc1csc2nc(-c3ccc(F)cc3)cn12)CC1CCCO1. The molecule has 2 amide bonds. The Balaban J connectivity index is 1.45. The van der Waals surface area contributed by atoms with Crippen LogP contribution < -0.4 is 5.32 Å². The molecule has 1 saturated heterocycles. The van der Waals surface area contributed by atoms with Gasteiger partial charge in [0.25, 0.3) is 0 Å². The summed E-state index contributed by atoms with van der Waals surface area (Å²) in [6.07, 6.45) is 6.93. The molecule has 31 heavy (non-hydrogen) atoms. The quantitative estimate of drug-likeness (QED) is 0.485. The summed E-state index contributed by atoms with van der Waals surface area (Å²) >= 11 is 1.58. The van der Waals surface area contributed by atoms with Crippen molar-refractivity contribution in [3.63, 3.8) is 0 Å². The summed E-state index contributed by atoms with van der Waals surface area (Å²) in [5.74, 6) is -0.256. The van der Waals surface area contributed by atoms with Gasteiger partial charge in [-0.25, -0.2) is 14.2 Å². The van der Waals surface area contributed by atoms with Crippen molar-refractivity contribution in [1.29, 1.82) is 0 Å². The molecule has 2 aromatic heterocycles. The molecule has 0 saturated carbocycles. The third-order valence-corrected chi connectivity index (χ3v) is 6.49. The monoisotopic (exact) mass is 444 g/mol. The predicted molar refractivity (Wildman–Crippen MR) is 121 cm³/mol. The van der Waals surface area contributed by atoms with Crippen LogP contribution in [0, 0.1) is 5.82 Å². The average molecular weight is 445 g/mol. The predicted octanol–water partition coefficient (Wildman–Crippen LogP) is 4.74. The second-order valence-electron chi connectivity index (χ2n) is 7.93. The van der Waals surface area contributed by atoms with Crippen molar-refractivity contribution < 1.29 is 13.9 Å². The van der Waals surface area contributed by atoms with Gasteiger partial charge < -0.3 is 15.0 Å². The van der Waals surface area contributed by atoms with Gasteiger partial charge in [-0.3, -0.25) is 4.40 Å². The highest BCUT2D eigenvalue weighted by Gasteiger charge is 2.23. The maximum atomic E-state index is 13.2. The Labute approximate surface area is 186 Å². The molecule has 4 rings (SSSR count). The van der Waals surface area contributed by atoms with Crippen molar-refractivity contribution in [2.24, 2.45) is 0 Å². The van der Waals surface area contributed by atoms with E-state index in [0.717, 1.165) is 60.6 Å². The molecule has 1 fully saturated rings. The number of rotatable bonds is 9. The fraction of sp³-hybridized carbons (Fsp3) is 0.478. The van der Waals surface area contributed by atoms with E-state index in [4.69, 9.17) is 4.74 Å². The van der Waals surface area contributed by atoms with Gasteiger partial charge in [0.2, 0.25) is 0 Å². The first-order valence-corrected chi connectivity index (χ1v) is 11.9. The Morgan fingerprint density at radius 3 is 2.97 bits per heavy atom. The van der Waals surface area contributed by atoms with Crippen LogP contribution in [0.3, 0.4) is 0 Å². The van der Waals surface area contributed by atoms with E-state index < -0.39 is 0 Å². The van der Waals surface area contributed by atoms with E-state index in [-0.39, 0.29) is 18.0 Å². The van der Waals surface area contributed by atoms with Crippen molar-refractivity contribution in [3.8, 4) is 11.3 Å². The Kier molecular flexibility index (Phi) is 7.19. The number of hydrogen-bond acceptors (Lipinski definition) is 4. The number of thiazole rings is 1. The van der Waals surface area contributed by atoms with Crippen LogP contribution in [0.2, 0.25) is 0 Å². The molecule has 3 heterocycles. The minimum Gasteiger partial charge on any atom is -0.376 e. The Bertz CT molecular complexity index is 995. The third-order valence-electron chi connectivity index (χ3n) is 5.60. The molecule has 0 bridgehead atoms. The van der Waals surface area contributed by atoms with E-state index in [9.17, 15) is 9.18 Å². The number of urea groups is 1. The van der Waals surface area contributed by atoms with Crippen LogP contribution in [-0.4, -0.2) is 52.7 Å². The molecule has 6 nitrogen and oxygen atoms in total. The van der Waals surface area contributed by atoms with Crippen LogP contribution in [0.4, 0.5) is 9.18 Å². The van der Waals surface area contributed by atoms with Crippen LogP contribution >= 0.6 is 11.3 Å². The van der Waals surface area contributed by atoms with Gasteiger partial charge in [0.1, 0.15) is 5.82 Å². The number of fused-ring (bicyclic) bond motifs is 1. The van der Waals surface area contributed by atoms with Gasteiger partial charge in [-0.1, -0.05) is 13.3 Å². The first-order valence-electron chi connectivity index (χ1n) is 11.0. The molecule has 0 radical (unpaired) electrons. The van der Waals surface area contributed by atoms with Gasteiger partial charge in [0.15, 0.2) is 4.96 Å².